The third-order valence-corrected chi connectivity index (χ3v) is 4.06. The molecular formula is C19H20BrNO4. The van der Waals surface area contributed by atoms with Gasteiger partial charge in [-0.3, -0.25) is 9.59 Å². The van der Waals surface area contributed by atoms with Crippen LogP contribution in [0.1, 0.15) is 11.1 Å². The van der Waals surface area contributed by atoms with E-state index in [1.165, 1.54) is 0 Å². The van der Waals surface area contributed by atoms with Gasteiger partial charge in [-0.05, 0) is 35.7 Å². The van der Waals surface area contributed by atoms with Gasteiger partial charge in [0.25, 0.3) is 5.91 Å². The van der Waals surface area contributed by atoms with E-state index in [-0.39, 0.29) is 18.9 Å². The lowest BCUT2D eigenvalue weighted by molar-refractivity contribution is -0.147. The Kier molecular flexibility index (Phi) is 7.47. The van der Waals surface area contributed by atoms with Crippen LogP contribution in [0.4, 0.5) is 0 Å². The first-order chi connectivity index (χ1) is 12.1. The van der Waals surface area contributed by atoms with Crippen LogP contribution in [0.2, 0.25) is 0 Å². The number of esters is 1. The normalized spacial score (nSPS) is 10.2. The summed E-state index contributed by atoms with van der Waals surface area (Å²) in [6.45, 7) is 0.171. The number of hydrogen-bond acceptors (Lipinski definition) is 4. The van der Waals surface area contributed by atoms with Gasteiger partial charge in [0.1, 0.15) is 5.75 Å². The molecule has 0 heterocycles. The molecule has 0 unspecified atom stereocenters. The van der Waals surface area contributed by atoms with E-state index in [2.05, 4.69) is 21.2 Å². The number of carbonyl (C=O) groups is 2. The second-order valence-corrected chi connectivity index (χ2v) is 6.29. The second kappa shape index (κ2) is 9.84. The quantitative estimate of drug-likeness (QED) is 0.685. The van der Waals surface area contributed by atoms with Crippen molar-refractivity contribution in [3.8, 4) is 5.75 Å². The third-order valence-electron chi connectivity index (χ3n) is 3.53. The number of hydrogen-bond donors (Lipinski definition) is 1. The minimum atomic E-state index is -0.429. The van der Waals surface area contributed by atoms with E-state index in [0.717, 1.165) is 21.3 Å². The van der Waals surface area contributed by atoms with Crippen molar-refractivity contribution in [1.29, 1.82) is 0 Å². The highest BCUT2D eigenvalue weighted by molar-refractivity contribution is 9.10. The molecule has 6 heteroatoms. The van der Waals surface area contributed by atoms with Gasteiger partial charge in [0.2, 0.25) is 0 Å². The minimum Gasteiger partial charge on any atom is -0.496 e. The van der Waals surface area contributed by atoms with Gasteiger partial charge in [0, 0.05) is 11.0 Å². The lowest BCUT2D eigenvalue weighted by Crippen LogP contribution is -2.30. The van der Waals surface area contributed by atoms with Gasteiger partial charge in [0.15, 0.2) is 6.61 Å². The Bertz CT molecular complexity index is 716. The van der Waals surface area contributed by atoms with Crippen molar-refractivity contribution in [3.05, 3.63) is 64.1 Å². The van der Waals surface area contributed by atoms with E-state index < -0.39 is 5.97 Å². The van der Waals surface area contributed by atoms with E-state index in [4.69, 9.17) is 9.47 Å². The number of amides is 1. The number of methoxy groups -OCH3 is 1. The molecule has 0 saturated heterocycles. The molecule has 2 aromatic carbocycles. The SMILES string of the molecule is COc1ccccc1CCNC(=O)COC(=O)Cc1ccc(Br)cc1. The van der Waals surface area contributed by atoms with Crippen LogP contribution in [0.15, 0.2) is 53.0 Å². The van der Waals surface area contributed by atoms with Crippen molar-refractivity contribution in [2.75, 3.05) is 20.3 Å². The van der Waals surface area contributed by atoms with Gasteiger partial charge in [-0.1, -0.05) is 46.3 Å². The Hall–Kier alpha value is -2.34. The van der Waals surface area contributed by atoms with Crippen LogP contribution in [0.3, 0.4) is 0 Å². The number of halogens is 1. The van der Waals surface area contributed by atoms with Crippen LogP contribution in [0.5, 0.6) is 5.75 Å². The Morgan fingerprint density at radius 2 is 1.80 bits per heavy atom. The predicted octanol–water partition coefficient (Wildman–Crippen LogP) is 2.90. The molecule has 0 aliphatic rings. The molecule has 2 aromatic rings. The standard InChI is InChI=1S/C19H20BrNO4/c1-24-17-5-3-2-4-15(17)10-11-21-18(22)13-25-19(23)12-14-6-8-16(20)9-7-14/h2-9H,10-13H2,1H3,(H,21,22). The summed E-state index contributed by atoms with van der Waals surface area (Å²) in [6.07, 6.45) is 0.782. The molecule has 0 aliphatic carbocycles. The largest absolute Gasteiger partial charge is 0.496 e. The summed E-state index contributed by atoms with van der Waals surface area (Å²) in [4.78, 5) is 23.5. The summed E-state index contributed by atoms with van der Waals surface area (Å²) < 4.78 is 11.2. The summed E-state index contributed by atoms with van der Waals surface area (Å²) in [5, 5.41) is 2.73. The fourth-order valence-corrected chi connectivity index (χ4v) is 2.53. The van der Waals surface area contributed by atoms with Gasteiger partial charge in [0.05, 0.1) is 13.5 Å². The summed E-state index contributed by atoms with van der Waals surface area (Å²) in [7, 11) is 1.61. The molecular weight excluding hydrogens is 386 g/mol. The second-order valence-electron chi connectivity index (χ2n) is 5.38. The molecule has 0 aliphatic heterocycles. The molecule has 0 spiro atoms. The first kappa shape index (κ1) is 19.0. The number of carbonyl (C=O) groups excluding carboxylic acids is 2. The Balaban J connectivity index is 1.68. The van der Waals surface area contributed by atoms with Crippen molar-refractivity contribution in [3.63, 3.8) is 0 Å². The molecule has 0 fully saturated rings. The monoisotopic (exact) mass is 405 g/mol. The van der Waals surface area contributed by atoms with Gasteiger partial charge in [-0.2, -0.15) is 0 Å². The van der Waals surface area contributed by atoms with Crippen molar-refractivity contribution in [1.82, 2.24) is 5.32 Å². The Morgan fingerprint density at radius 3 is 2.52 bits per heavy atom. The predicted molar refractivity (Wildman–Crippen MR) is 98.5 cm³/mol. The maximum atomic E-state index is 11.8. The zero-order valence-electron chi connectivity index (χ0n) is 14.0. The smallest absolute Gasteiger partial charge is 0.310 e. The highest BCUT2D eigenvalue weighted by atomic mass is 79.9. The van der Waals surface area contributed by atoms with Crippen LogP contribution in [-0.2, 0) is 27.2 Å². The highest BCUT2D eigenvalue weighted by Gasteiger charge is 2.09. The molecule has 0 radical (unpaired) electrons. The first-order valence-electron chi connectivity index (χ1n) is 7.87. The van der Waals surface area contributed by atoms with Crippen molar-refractivity contribution >= 4 is 27.8 Å². The topological polar surface area (TPSA) is 64.6 Å². The summed E-state index contributed by atoms with van der Waals surface area (Å²) in [6, 6.07) is 15.0. The summed E-state index contributed by atoms with van der Waals surface area (Å²) in [5.74, 6) is 0.0407. The van der Waals surface area contributed by atoms with Gasteiger partial charge in [-0.25, -0.2) is 0 Å². The van der Waals surface area contributed by atoms with Crippen molar-refractivity contribution in [2.24, 2.45) is 0 Å². The van der Waals surface area contributed by atoms with Gasteiger partial charge < -0.3 is 14.8 Å². The lowest BCUT2D eigenvalue weighted by atomic mass is 10.1. The zero-order chi connectivity index (χ0) is 18.1. The van der Waals surface area contributed by atoms with Crippen LogP contribution in [0, 0.1) is 0 Å². The van der Waals surface area contributed by atoms with E-state index in [1.807, 2.05) is 48.5 Å². The van der Waals surface area contributed by atoms with E-state index in [9.17, 15) is 9.59 Å². The maximum absolute atomic E-state index is 11.8. The summed E-state index contributed by atoms with van der Waals surface area (Å²) in [5.41, 5.74) is 1.85. The van der Waals surface area contributed by atoms with E-state index in [0.29, 0.717) is 13.0 Å². The Morgan fingerprint density at radius 1 is 1.08 bits per heavy atom. The van der Waals surface area contributed by atoms with Gasteiger partial charge in [-0.15, -0.1) is 0 Å². The van der Waals surface area contributed by atoms with Crippen LogP contribution >= 0.6 is 15.9 Å². The Labute approximate surface area is 155 Å². The molecule has 25 heavy (non-hydrogen) atoms. The maximum Gasteiger partial charge on any atom is 0.310 e. The average Bonchev–Trinajstić information content (AvgIpc) is 2.62. The molecule has 132 valence electrons. The highest BCUT2D eigenvalue weighted by Crippen LogP contribution is 2.17. The van der Waals surface area contributed by atoms with Gasteiger partial charge >= 0.3 is 5.97 Å². The van der Waals surface area contributed by atoms with Crippen LogP contribution < -0.4 is 10.1 Å². The van der Waals surface area contributed by atoms with Crippen LogP contribution in [0.25, 0.3) is 0 Å². The van der Waals surface area contributed by atoms with Crippen LogP contribution in [-0.4, -0.2) is 32.1 Å². The zero-order valence-corrected chi connectivity index (χ0v) is 15.5. The molecule has 0 aromatic heterocycles. The molecule has 5 nitrogen and oxygen atoms in total. The average molecular weight is 406 g/mol. The number of para-hydroxylation sites is 1. The molecule has 0 saturated carbocycles. The number of benzene rings is 2. The minimum absolute atomic E-state index is 0.141. The number of nitrogens with one attached hydrogen (secondary N) is 1. The fourth-order valence-electron chi connectivity index (χ4n) is 2.26. The molecule has 1 N–H and O–H groups in total. The third kappa shape index (κ3) is 6.58. The molecule has 1 amide bonds. The molecule has 0 atom stereocenters. The van der Waals surface area contributed by atoms with Crippen molar-refractivity contribution < 1.29 is 19.1 Å². The number of rotatable bonds is 8. The summed E-state index contributed by atoms with van der Waals surface area (Å²) >= 11 is 3.33. The lowest BCUT2D eigenvalue weighted by Gasteiger charge is -2.09. The molecule has 0 bridgehead atoms. The van der Waals surface area contributed by atoms with E-state index in [1.54, 1.807) is 7.11 Å². The first-order valence-corrected chi connectivity index (χ1v) is 8.66. The molecule has 2 rings (SSSR count). The van der Waals surface area contributed by atoms with Crippen molar-refractivity contribution in [2.45, 2.75) is 12.8 Å². The van der Waals surface area contributed by atoms with E-state index >= 15 is 0 Å². The fraction of sp³-hybridized carbons (Fsp3) is 0.263. The number of ether oxygens (including phenoxy) is 2.